The molecule has 0 radical (unpaired) electrons. The van der Waals surface area contributed by atoms with Crippen LogP contribution in [0.1, 0.15) is 11.1 Å². The van der Waals surface area contributed by atoms with Crippen LogP contribution in [0.4, 0.5) is 5.69 Å². The third kappa shape index (κ3) is 4.20. The average Bonchev–Trinajstić information content (AvgIpc) is 3.13. The van der Waals surface area contributed by atoms with Crippen LogP contribution in [0.25, 0.3) is 5.57 Å². The number of nitrogens with zero attached hydrogens (tertiary/aromatic N) is 2. The first-order valence-electron chi connectivity index (χ1n) is 10.7. The van der Waals surface area contributed by atoms with Crippen molar-refractivity contribution >= 4 is 23.1 Å². The van der Waals surface area contributed by atoms with Gasteiger partial charge in [0.2, 0.25) is 0 Å². The molecule has 0 saturated carbocycles. The summed E-state index contributed by atoms with van der Waals surface area (Å²) in [4.78, 5) is 30.3. The van der Waals surface area contributed by atoms with Crippen molar-refractivity contribution in [2.24, 2.45) is 0 Å². The summed E-state index contributed by atoms with van der Waals surface area (Å²) in [6.45, 7) is 0.143. The van der Waals surface area contributed by atoms with Gasteiger partial charge in [0, 0.05) is 12.7 Å². The minimum atomic E-state index is -0.370. The first-order valence-corrected chi connectivity index (χ1v) is 10.7. The van der Waals surface area contributed by atoms with Gasteiger partial charge in [-0.3, -0.25) is 14.5 Å². The summed E-state index contributed by atoms with van der Waals surface area (Å²) in [5.74, 6) is 0.985. The Balaban J connectivity index is 1.79. The van der Waals surface area contributed by atoms with Crippen molar-refractivity contribution in [3.63, 3.8) is 0 Å². The molecular formula is C27H26N2O5. The first-order chi connectivity index (χ1) is 16.5. The van der Waals surface area contributed by atoms with E-state index >= 15 is 0 Å². The van der Waals surface area contributed by atoms with E-state index in [0.717, 1.165) is 11.3 Å². The molecular weight excluding hydrogens is 432 g/mol. The number of amides is 2. The van der Waals surface area contributed by atoms with Gasteiger partial charge in [0.1, 0.15) is 11.4 Å². The van der Waals surface area contributed by atoms with Crippen molar-refractivity contribution in [3.05, 3.63) is 89.6 Å². The number of ether oxygens (including phenoxy) is 3. The molecule has 3 aromatic rings. The Morgan fingerprint density at radius 2 is 1.44 bits per heavy atom. The molecule has 0 spiro atoms. The van der Waals surface area contributed by atoms with E-state index in [1.165, 1.54) is 12.0 Å². The number of carbonyl (C=O) groups is 2. The Hall–Kier alpha value is -4.26. The lowest BCUT2D eigenvalue weighted by Gasteiger charge is -2.21. The quantitative estimate of drug-likeness (QED) is 0.473. The zero-order valence-electron chi connectivity index (χ0n) is 19.6. The van der Waals surface area contributed by atoms with E-state index in [1.54, 1.807) is 56.5 Å². The van der Waals surface area contributed by atoms with E-state index in [2.05, 4.69) is 0 Å². The number of carbonyl (C=O) groups excluding carboxylic acids is 2. The van der Waals surface area contributed by atoms with Gasteiger partial charge in [-0.2, -0.15) is 0 Å². The molecule has 7 heteroatoms. The SMILES string of the molecule is COc1ccc(CN2C(=O)C(c3ccc(OC)c(OC)c3)=C(N(C)c3ccccc3)C2=O)cc1. The molecule has 7 nitrogen and oxygen atoms in total. The molecule has 1 aliphatic rings. The van der Waals surface area contributed by atoms with Crippen molar-refractivity contribution in [2.45, 2.75) is 6.54 Å². The topological polar surface area (TPSA) is 68.3 Å². The number of methoxy groups -OCH3 is 3. The minimum absolute atomic E-state index is 0.143. The van der Waals surface area contributed by atoms with Gasteiger partial charge in [-0.15, -0.1) is 0 Å². The van der Waals surface area contributed by atoms with Crippen molar-refractivity contribution in [2.75, 3.05) is 33.3 Å². The van der Waals surface area contributed by atoms with E-state index in [9.17, 15) is 9.59 Å². The largest absolute Gasteiger partial charge is 0.497 e. The highest BCUT2D eigenvalue weighted by Gasteiger charge is 2.41. The van der Waals surface area contributed by atoms with E-state index in [1.807, 2.05) is 42.5 Å². The van der Waals surface area contributed by atoms with Crippen molar-refractivity contribution < 1.29 is 23.8 Å². The zero-order valence-corrected chi connectivity index (χ0v) is 19.6. The van der Waals surface area contributed by atoms with E-state index in [4.69, 9.17) is 14.2 Å². The minimum Gasteiger partial charge on any atom is -0.497 e. The fourth-order valence-corrected chi connectivity index (χ4v) is 3.96. The number of imide groups is 1. The third-order valence-electron chi connectivity index (χ3n) is 5.79. The molecule has 1 aliphatic heterocycles. The van der Waals surface area contributed by atoms with Crippen molar-refractivity contribution in [1.29, 1.82) is 0 Å². The van der Waals surface area contributed by atoms with E-state index in [0.29, 0.717) is 34.1 Å². The predicted octanol–water partition coefficient (Wildman–Crippen LogP) is 4.13. The second-order valence-corrected chi connectivity index (χ2v) is 7.73. The number of hydrogen-bond acceptors (Lipinski definition) is 6. The van der Waals surface area contributed by atoms with Crippen LogP contribution in [0.3, 0.4) is 0 Å². The summed E-state index contributed by atoms with van der Waals surface area (Å²) >= 11 is 0. The Morgan fingerprint density at radius 1 is 0.765 bits per heavy atom. The standard InChI is InChI=1S/C27H26N2O5/c1-28(20-8-6-5-7-9-20)25-24(19-12-15-22(33-3)23(16-19)34-4)26(30)29(27(25)31)17-18-10-13-21(32-2)14-11-18/h5-16H,17H2,1-4H3. The summed E-state index contributed by atoms with van der Waals surface area (Å²) in [5.41, 5.74) is 2.80. The van der Waals surface area contributed by atoms with Gasteiger partial charge in [-0.05, 0) is 47.5 Å². The second-order valence-electron chi connectivity index (χ2n) is 7.73. The van der Waals surface area contributed by atoms with Gasteiger partial charge >= 0.3 is 0 Å². The van der Waals surface area contributed by atoms with Crippen LogP contribution in [-0.2, 0) is 16.1 Å². The van der Waals surface area contributed by atoms with Crippen LogP contribution in [0.15, 0.2) is 78.5 Å². The predicted molar refractivity (Wildman–Crippen MR) is 130 cm³/mol. The smallest absolute Gasteiger partial charge is 0.278 e. The normalized spacial score (nSPS) is 13.4. The van der Waals surface area contributed by atoms with Crippen molar-refractivity contribution in [3.8, 4) is 17.2 Å². The highest BCUT2D eigenvalue weighted by molar-refractivity contribution is 6.36. The summed E-state index contributed by atoms with van der Waals surface area (Å²) in [7, 11) is 6.46. The molecule has 0 aliphatic carbocycles. The van der Waals surface area contributed by atoms with Gasteiger partial charge in [-0.25, -0.2) is 0 Å². The molecule has 0 aromatic heterocycles. The van der Waals surface area contributed by atoms with Gasteiger partial charge in [-0.1, -0.05) is 36.4 Å². The molecule has 0 unspecified atom stereocenters. The lowest BCUT2D eigenvalue weighted by molar-refractivity contribution is -0.137. The summed E-state index contributed by atoms with van der Waals surface area (Å²) < 4.78 is 16.0. The van der Waals surface area contributed by atoms with Crippen LogP contribution in [-0.4, -0.2) is 45.1 Å². The molecule has 3 aromatic carbocycles. The van der Waals surface area contributed by atoms with Crippen molar-refractivity contribution in [1.82, 2.24) is 4.90 Å². The summed E-state index contributed by atoms with van der Waals surface area (Å²) in [6, 6.07) is 22.0. The molecule has 0 atom stereocenters. The van der Waals surface area contributed by atoms with Gasteiger partial charge in [0.15, 0.2) is 11.5 Å². The highest BCUT2D eigenvalue weighted by Crippen LogP contribution is 2.37. The molecule has 2 amide bonds. The molecule has 4 rings (SSSR count). The van der Waals surface area contributed by atoms with Gasteiger partial charge < -0.3 is 19.1 Å². The monoisotopic (exact) mass is 458 g/mol. The maximum Gasteiger partial charge on any atom is 0.278 e. The Kier molecular flexibility index (Phi) is 6.54. The lowest BCUT2D eigenvalue weighted by atomic mass is 10.0. The molecule has 0 saturated heterocycles. The number of likely N-dealkylation sites (N-methyl/N-ethyl adjacent to an activating group) is 1. The summed E-state index contributed by atoms with van der Waals surface area (Å²) in [6.07, 6.45) is 0. The molecule has 34 heavy (non-hydrogen) atoms. The van der Waals surface area contributed by atoms with Gasteiger partial charge in [0.05, 0.1) is 33.4 Å². The number of benzene rings is 3. The zero-order chi connectivity index (χ0) is 24.2. The number of para-hydroxylation sites is 1. The molecule has 0 bridgehead atoms. The van der Waals surface area contributed by atoms with Crippen LogP contribution >= 0.6 is 0 Å². The number of rotatable bonds is 8. The van der Waals surface area contributed by atoms with Crippen LogP contribution in [0, 0.1) is 0 Å². The highest BCUT2D eigenvalue weighted by atomic mass is 16.5. The molecule has 1 heterocycles. The maximum absolute atomic E-state index is 13.7. The van der Waals surface area contributed by atoms with Gasteiger partial charge in [0.25, 0.3) is 11.8 Å². The Morgan fingerprint density at radius 3 is 2.06 bits per heavy atom. The lowest BCUT2D eigenvalue weighted by Crippen LogP contribution is -2.33. The Bertz CT molecular complexity index is 1240. The fraction of sp³-hybridized carbons (Fsp3) is 0.185. The molecule has 0 N–H and O–H groups in total. The van der Waals surface area contributed by atoms with Crippen LogP contribution in [0.2, 0.25) is 0 Å². The maximum atomic E-state index is 13.7. The summed E-state index contributed by atoms with van der Waals surface area (Å²) in [5, 5.41) is 0. The van der Waals surface area contributed by atoms with Crippen LogP contribution in [0.5, 0.6) is 17.2 Å². The van der Waals surface area contributed by atoms with Crippen LogP contribution < -0.4 is 19.1 Å². The van der Waals surface area contributed by atoms with E-state index < -0.39 is 0 Å². The molecule has 0 fully saturated rings. The molecule has 174 valence electrons. The number of anilines is 1. The Labute approximate surface area is 198 Å². The number of hydrogen-bond donors (Lipinski definition) is 0. The third-order valence-corrected chi connectivity index (χ3v) is 5.79. The second kappa shape index (κ2) is 9.70. The van der Waals surface area contributed by atoms with E-state index in [-0.39, 0.29) is 18.4 Å². The average molecular weight is 459 g/mol. The first kappa shape index (κ1) is 22.9. The fourth-order valence-electron chi connectivity index (χ4n) is 3.96.